The van der Waals surface area contributed by atoms with E-state index in [1.807, 2.05) is 6.08 Å². The van der Waals surface area contributed by atoms with Crippen molar-refractivity contribution in [3.63, 3.8) is 0 Å². The highest BCUT2D eigenvalue weighted by atomic mass is 15.0. The molecule has 2 rings (SSSR count). The van der Waals surface area contributed by atoms with E-state index in [1.165, 1.54) is 18.4 Å². The lowest BCUT2D eigenvalue weighted by Gasteiger charge is -2.11. The van der Waals surface area contributed by atoms with Crippen LogP contribution in [-0.2, 0) is 0 Å². The minimum Gasteiger partial charge on any atom is -0.304 e. The van der Waals surface area contributed by atoms with E-state index >= 15 is 0 Å². The van der Waals surface area contributed by atoms with Crippen molar-refractivity contribution >= 4 is 0 Å². The maximum Gasteiger partial charge on any atom is 0.0326 e. The van der Waals surface area contributed by atoms with Crippen molar-refractivity contribution in [1.82, 2.24) is 5.32 Å². The summed E-state index contributed by atoms with van der Waals surface area (Å²) in [6.45, 7) is 3.81. The predicted octanol–water partition coefficient (Wildman–Crippen LogP) is 2.67. The van der Waals surface area contributed by atoms with Crippen LogP contribution in [-0.4, -0.2) is 6.04 Å². The minimum atomic E-state index is 0.505. The van der Waals surface area contributed by atoms with Gasteiger partial charge in [-0.05, 0) is 18.4 Å². The van der Waals surface area contributed by atoms with Crippen LogP contribution < -0.4 is 5.32 Å². The zero-order valence-corrected chi connectivity index (χ0v) is 7.74. The van der Waals surface area contributed by atoms with Gasteiger partial charge in [-0.3, -0.25) is 0 Å². The summed E-state index contributed by atoms with van der Waals surface area (Å²) >= 11 is 0. The third-order valence-electron chi connectivity index (χ3n) is 2.67. The molecule has 68 valence electrons. The molecule has 2 atom stereocenters. The minimum absolute atomic E-state index is 0.505. The second kappa shape index (κ2) is 3.75. The van der Waals surface area contributed by atoms with E-state index in [1.54, 1.807) is 0 Å². The number of benzene rings is 1. The van der Waals surface area contributed by atoms with Crippen LogP contribution in [0.4, 0.5) is 0 Å². The van der Waals surface area contributed by atoms with Crippen LogP contribution in [0.1, 0.15) is 24.4 Å². The van der Waals surface area contributed by atoms with Gasteiger partial charge in [-0.25, -0.2) is 0 Å². The van der Waals surface area contributed by atoms with Crippen LogP contribution in [0.5, 0.6) is 0 Å². The van der Waals surface area contributed by atoms with Gasteiger partial charge in [0.2, 0.25) is 0 Å². The number of nitrogens with one attached hydrogen (secondary N) is 1. The number of hydrogen-bond donors (Lipinski definition) is 1. The van der Waals surface area contributed by atoms with E-state index in [0.29, 0.717) is 12.1 Å². The summed E-state index contributed by atoms with van der Waals surface area (Å²) in [4.78, 5) is 0. The molecule has 1 aromatic rings. The standard InChI is InChI=1S/C12H15N/c1-2-11-8-9-12(13-11)10-6-4-3-5-7-10/h2-7,11-13H,1,8-9H2/t11-,12-/m0/s1. The lowest BCUT2D eigenvalue weighted by atomic mass is 10.1. The maximum absolute atomic E-state index is 3.81. The second-order valence-electron chi connectivity index (χ2n) is 3.55. The molecule has 1 aliphatic heterocycles. The molecule has 0 unspecified atom stereocenters. The monoisotopic (exact) mass is 173 g/mol. The average molecular weight is 173 g/mol. The normalized spacial score (nSPS) is 27.4. The van der Waals surface area contributed by atoms with Gasteiger partial charge >= 0.3 is 0 Å². The van der Waals surface area contributed by atoms with E-state index in [2.05, 4.69) is 42.2 Å². The summed E-state index contributed by atoms with van der Waals surface area (Å²) in [5.41, 5.74) is 1.40. The summed E-state index contributed by atoms with van der Waals surface area (Å²) in [5.74, 6) is 0. The van der Waals surface area contributed by atoms with Crippen LogP contribution in [0.15, 0.2) is 43.0 Å². The molecule has 0 radical (unpaired) electrons. The Bertz CT molecular complexity index is 278. The van der Waals surface area contributed by atoms with Crippen molar-refractivity contribution in [1.29, 1.82) is 0 Å². The van der Waals surface area contributed by atoms with Crippen molar-refractivity contribution in [2.24, 2.45) is 0 Å². The van der Waals surface area contributed by atoms with Gasteiger partial charge in [0.25, 0.3) is 0 Å². The molecule has 0 spiro atoms. The van der Waals surface area contributed by atoms with Gasteiger partial charge in [-0.1, -0.05) is 36.4 Å². The van der Waals surface area contributed by atoms with E-state index in [4.69, 9.17) is 0 Å². The highest BCUT2D eigenvalue weighted by Crippen LogP contribution is 2.26. The summed E-state index contributed by atoms with van der Waals surface area (Å²) in [6, 6.07) is 11.7. The zero-order valence-electron chi connectivity index (χ0n) is 7.74. The Kier molecular flexibility index (Phi) is 2.46. The van der Waals surface area contributed by atoms with Gasteiger partial charge in [0, 0.05) is 12.1 Å². The molecule has 1 fully saturated rings. The third-order valence-corrected chi connectivity index (χ3v) is 2.67. The van der Waals surface area contributed by atoms with Crippen molar-refractivity contribution in [3.8, 4) is 0 Å². The van der Waals surface area contributed by atoms with Crippen LogP contribution >= 0.6 is 0 Å². The first-order valence-corrected chi connectivity index (χ1v) is 4.83. The molecule has 1 heterocycles. The second-order valence-corrected chi connectivity index (χ2v) is 3.55. The highest BCUT2D eigenvalue weighted by Gasteiger charge is 2.21. The van der Waals surface area contributed by atoms with Crippen molar-refractivity contribution < 1.29 is 0 Å². The summed E-state index contributed by atoms with van der Waals surface area (Å²) in [5, 5.41) is 3.54. The third kappa shape index (κ3) is 1.81. The fourth-order valence-corrected chi connectivity index (χ4v) is 1.91. The summed E-state index contributed by atoms with van der Waals surface area (Å²) < 4.78 is 0. The molecule has 0 bridgehead atoms. The quantitative estimate of drug-likeness (QED) is 0.678. The Morgan fingerprint density at radius 1 is 1.23 bits per heavy atom. The Labute approximate surface area is 79.5 Å². The molecular formula is C12H15N. The van der Waals surface area contributed by atoms with Crippen molar-refractivity contribution in [3.05, 3.63) is 48.6 Å². The van der Waals surface area contributed by atoms with Crippen LogP contribution in [0, 0.1) is 0 Å². The van der Waals surface area contributed by atoms with Gasteiger partial charge in [-0.15, -0.1) is 6.58 Å². The van der Waals surface area contributed by atoms with Crippen LogP contribution in [0.2, 0.25) is 0 Å². The Balaban J connectivity index is 2.08. The largest absolute Gasteiger partial charge is 0.304 e. The van der Waals surface area contributed by atoms with E-state index in [-0.39, 0.29) is 0 Å². The fourth-order valence-electron chi connectivity index (χ4n) is 1.91. The topological polar surface area (TPSA) is 12.0 Å². The van der Waals surface area contributed by atoms with Gasteiger partial charge < -0.3 is 5.32 Å². The molecule has 1 saturated heterocycles. The molecule has 0 amide bonds. The SMILES string of the molecule is C=C[C@H]1CC[C@@H](c2ccccc2)N1. The van der Waals surface area contributed by atoms with Crippen LogP contribution in [0.25, 0.3) is 0 Å². The first-order chi connectivity index (χ1) is 6.40. The first kappa shape index (κ1) is 8.52. The number of rotatable bonds is 2. The Hall–Kier alpha value is -1.08. The lowest BCUT2D eigenvalue weighted by Crippen LogP contribution is -2.21. The highest BCUT2D eigenvalue weighted by molar-refractivity contribution is 5.20. The Morgan fingerprint density at radius 3 is 2.62 bits per heavy atom. The molecule has 0 saturated carbocycles. The molecule has 1 N–H and O–H groups in total. The first-order valence-electron chi connectivity index (χ1n) is 4.83. The smallest absolute Gasteiger partial charge is 0.0326 e. The molecule has 0 aliphatic carbocycles. The van der Waals surface area contributed by atoms with E-state index < -0.39 is 0 Å². The molecule has 0 aromatic heterocycles. The molecular weight excluding hydrogens is 158 g/mol. The Morgan fingerprint density at radius 2 is 2.00 bits per heavy atom. The maximum atomic E-state index is 3.81. The van der Waals surface area contributed by atoms with E-state index in [0.717, 1.165) is 0 Å². The van der Waals surface area contributed by atoms with Crippen molar-refractivity contribution in [2.45, 2.75) is 24.9 Å². The predicted molar refractivity (Wildman–Crippen MR) is 55.5 cm³/mol. The molecule has 1 heteroatoms. The zero-order chi connectivity index (χ0) is 9.10. The number of hydrogen-bond acceptors (Lipinski definition) is 1. The van der Waals surface area contributed by atoms with Crippen LogP contribution in [0.3, 0.4) is 0 Å². The average Bonchev–Trinajstić information content (AvgIpc) is 2.67. The van der Waals surface area contributed by atoms with Gasteiger partial charge in [0.15, 0.2) is 0 Å². The lowest BCUT2D eigenvalue weighted by molar-refractivity contribution is 0.613. The van der Waals surface area contributed by atoms with Crippen molar-refractivity contribution in [2.75, 3.05) is 0 Å². The molecule has 13 heavy (non-hydrogen) atoms. The molecule has 1 aromatic carbocycles. The summed E-state index contributed by atoms with van der Waals surface area (Å²) in [7, 11) is 0. The molecule has 1 aliphatic rings. The van der Waals surface area contributed by atoms with Gasteiger partial charge in [0.05, 0.1) is 0 Å². The van der Waals surface area contributed by atoms with Gasteiger partial charge in [-0.2, -0.15) is 0 Å². The fraction of sp³-hybridized carbons (Fsp3) is 0.333. The van der Waals surface area contributed by atoms with Gasteiger partial charge in [0.1, 0.15) is 0 Å². The van der Waals surface area contributed by atoms with E-state index in [9.17, 15) is 0 Å². The molecule has 1 nitrogen and oxygen atoms in total. The summed E-state index contributed by atoms with van der Waals surface area (Å²) in [6.07, 6.45) is 4.44.